The first-order valence-corrected chi connectivity index (χ1v) is 14.2. The number of fused-ring (bicyclic) bond motifs is 1. The van der Waals surface area contributed by atoms with Gasteiger partial charge in [0.2, 0.25) is 16.0 Å². The third-order valence-corrected chi connectivity index (χ3v) is 7.68. The molecule has 1 aliphatic heterocycles. The van der Waals surface area contributed by atoms with Gasteiger partial charge in [-0.05, 0) is 47.9 Å². The minimum Gasteiger partial charge on any atom is -0.350 e. The Morgan fingerprint density at radius 3 is 2.56 bits per heavy atom. The predicted octanol–water partition coefficient (Wildman–Crippen LogP) is 4.59. The van der Waals surface area contributed by atoms with Gasteiger partial charge in [0, 0.05) is 31.1 Å². The lowest BCUT2D eigenvalue weighted by atomic mass is 10.1. The number of halogens is 3. The van der Waals surface area contributed by atoms with Gasteiger partial charge >= 0.3 is 0 Å². The number of hydrogen-bond acceptors (Lipinski definition) is 7. The van der Waals surface area contributed by atoms with Gasteiger partial charge in [-0.2, -0.15) is 0 Å². The number of aromatic nitrogens is 3. The molecule has 204 valence electrons. The molecular formula is C27H27F3N6O2S. The van der Waals surface area contributed by atoms with Crippen molar-refractivity contribution in [3.63, 3.8) is 0 Å². The molecule has 4 aromatic rings. The van der Waals surface area contributed by atoms with Crippen molar-refractivity contribution in [2.45, 2.75) is 37.7 Å². The zero-order valence-electron chi connectivity index (χ0n) is 21.1. The second kappa shape index (κ2) is 11.1. The summed E-state index contributed by atoms with van der Waals surface area (Å²) >= 11 is 0. The van der Waals surface area contributed by atoms with Gasteiger partial charge in [0.1, 0.15) is 23.3 Å². The van der Waals surface area contributed by atoms with Crippen LogP contribution in [0.5, 0.6) is 0 Å². The number of anilines is 2. The molecule has 0 spiro atoms. The fourth-order valence-electron chi connectivity index (χ4n) is 4.52. The Morgan fingerprint density at radius 2 is 1.85 bits per heavy atom. The van der Waals surface area contributed by atoms with E-state index in [-0.39, 0.29) is 11.7 Å². The van der Waals surface area contributed by atoms with Crippen LogP contribution in [0.25, 0.3) is 22.3 Å². The van der Waals surface area contributed by atoms with E-state index in [1.807, 2.05) is 13.0 Å². The highest BCUT2D eigenvalue weighted by molar-refractivity contribution is 7.91. The van der Waals surface area contributed by atoms with Crippen LogP contribution in [0.2, 0.25) is 0 Å². The van der Waals surface area contributed by atoms with Crippen molar-refractivity contribution in [1.29, 1.82) is 0 Å². The van der Waals surface area contributed by atoms with E-state index in [0.717, 1.165) is 5.56 Å². The van der Waals surface area contributed by atoms with Crippen LogP contribution in [0.3, 0.4) is 0 Å². The lowest BCUT2D eigenvalue weighted by molar-refractivity contribution is 0.254. The molecule has 5 rings (SSSR count). The zero-order valence-corrected chi connectivity index (χ0v) is 21.9. The molecule has 3 heterocycles. The van der Waals surface area contributed by atoms with E-state index in [1.54, 1.807) is 12.3 Å². The zero-order chi connectivity index (χ0) is 27.6. The van der Waals surface area contributed by atoms with Crippen LogP contribution >= 0.6 is 0 Å². The third kappa shape index (κ3) is 6.45. The van der Waals surface area contributed by atoms with Gasteiger partial charge in [0.15, 0.2) is 0 Å². The van der Waals surface area contributed by atoms with Crippen LogP contribution < -0.4 is 15.4 Å². The largest absolute Gasteiger partial charge is 0.350 e. The number of piperidine rings is 1. The summed E-state index contributed by atoms with van der Waals surface area (Å²) in [4.78, 5) is 13.5. The normalized spacial score (nSPS) is 17.7. The maximum Gasteiger partial charge on any atom is 0.237 e. The molecule has 39 heavy (non-hydrogen) atoms. The highest BCUT2D eigenvalue weighted by atomic mass is 32.2. The van der Waals surface area contributed by atoms with Crippen LogP contribution in [0.1, 0.15) is 24.5 Å². The molecular weight excluding hydrogens is 529 g/mol. The van der Waals surface area contributed by atoms with Crippen molar-refractivity contribution in [1.82, 2.24) is 20.3 Å². The van der Waals surface area contributed by atoms with E-state index < -0.39 is 33.6 Å². The molecule has 2 aromatic heterocycles. The van der Waals surface area contributed by atoms with Crippen molar-refractivity contribution >= 4 is 32.7 Å². The van der Waals surface area contributed by atoms with Crippen LogP contribution in [0.4, 0.5) is 24.8 Å². The Labute approximate surface area is 224 Å². The maximum absolute atomic E-state index is 15.0. The topological polar surface area (TPSA) is 109 Å². The molecule has 3 N–H and O–H groups in total. The molecule has 8 nitrogen and oxygen atoms in total. The van der Waals surface area contributed by atoms with Crippen LogP contribution in [-0.2, 0) is 22.2 Å². The average Bonchev–Trinajstić information content (AvgIpc) is 2.90. The van der Waals surface area contributed by atoms with Crippen LogP contribution in [-0.4, -0.2) is 48.7 Å². The number of pyridine rings is 1. The maximum atomic E-state index is 15.0. The number of nitrogens with zero attached hydrogens (tertiary/aromatic N) is 3. The van der Waals surface area contributed by atoms with Crippen molar-refractivity contribution in [2.75, 3.05) is 23.1 Å². The summed E-state index contributed by atoms with van der Waals surface area (Å²) in [7, 11) is -3.93. The number of hydrogen-bond donors (Lipinski definition) is 3. The first-order valence-electron chi connectivity index (χ1n) is 12.5. The fraction of sp³-hybridized carbons (Fsp3) is 0.296. The standard InChI is InChI=1S/C27H27F3N6O2S/c1-2-17-10-24(34-25-14-32-27(35-26(17)25)33-21-11-20(29)12-31-13-21)18-5-8-23(22(30)9-18)36-39(37,38)15-16-3-6-19(28)7-4-16/h3-10,14,20-21,31,36H,2,11-13,15H2,1H3,(H,32,33,35)/t20-,21-/m0/s1. The number of rotatable bonds is 8. The number of benzene rings is 2. The van der Waals surface area contributed by atoms with Gasteiger partial charge in [-0.15, -0.1) is 0 Å². The van der Waals surface area contributed by atoms with E-state index in [4.69, 9.17) is 0 Å². The Kier molecular flexibility index (Phi) is 7.67. The van der Waals surface area contributed by atoms with Crippen molar-refractivity contribution in [2.24, 2.45) is 0 Å². The van der Waals surface area contributed by atoms with Gasteiger partial charge in [-0.25, -0.2) is 36.5 Å². The summed E-state index contributed by atoms with van der Waals surface area (Å²) in [5.41, 5.74) is 3.14. The molecule has 0 unspecified atom stereocenters. The summed E-state index contributed by atoms with van der Waals surface area (Å²) in [6, 6.07) is 10.9. The summed E-state index contributed by atoms with van der Waals surface area (Å²) in [6.45, 7) is 2.92. The smallest absolute Gasteiger partial charge is 0.237 e. The van der Waals surface area contributed by atoms with E-state index in [9.17, 15) is 21.6 Å². The van der Waals surface area contributed by atoms with Crippen LogP contribution in [0.15, 0.2) is 54.7 Å². The number of sulfonamides is 1. The number of nitrogens with one attached hydrogen (secondary N) is 3. The van der Waals surface area contributed by atoms with E-state index in [0.29, 0.717) is 59.7 Å². The quantitative estimate of drug-likeness (QED) is 0.291. The van der Waals surface area contributed by atoms with Gasteiger partial charge in [0.25, 0.3) is 0 Å². The molecule has 2 aromatic carbocycles. The average molecular weight is 557 g/mol. The molecule has 1 saturated heterocycles. The monoisotopic (exact) mass is 556 g/mol. The number of aryl methyl sites for hydroxylation is 1. The van der Waals surface area contributed by atoms with E-state index in [2.05, 4.69) is 30.3 Å². The second-order valence-electron chi connectivity index (χ2n) is 9.46. The Morgan fingerprint density at radius 1 is 1.05 bits per heavy atom. The molecule has 0 radical (unpaired) electrons. The molecule has 0 amide bonds. The van der Waals surface area contributed by atoms with Crippen molar-refractivity contribution in [3.05, 3.63) is 77.5 Å². The van der Waals surface area contributed by atoms with E-state index in [1.165, 1.54) is 36.4 Å². The Bertz CT molecular complexity index is 1600. The first-order chi connectivity index (χ1) is 18.7. The van der Waals surface area contributed by atoms with Gasteiger partial charge < -0.3 is 10.6 Å². The lowest BCUT2D eigenvalue weighted by Crippen LogP contribution is -2.44. The third-order valence-electron chi connectivity index (χ3n) is 6.44. The van der Waals surface area contributed by atoms with Gasteiger partial charge in [0.05, 0.1) is 28.8 Å². The molecule has 2 atom stereocenters. The predicted molar refractivity (Wildman–Crippen MR) is 145 cm³/mol. The lowest BCUT2D eigenvalue weighted by Gasteiger charge is -2.26. The van der Waals surface area contributed by atoms with E-state index >= 15 is 0 Å². The Hall–Kier alpha value is -3.77. The van der Waals surface area contributed by atoms with Gasteiger partial charge in [-0.1, -0.05) is 25.1 Å². The summed E-state index contributed by atoms with van der Waals surface area (Å²) in [5.74, 6) is -1.28. The minimum absolute atomic E-state index is 0.127. The molecule has 0 saturated carbocycles. The number of alkyl halides is 1. The summed E-state index contributed by atoms with van der Waals surface area (Å²) in [6.07, 6.45) is 1.65. The van der Waals surface area contributed by atoms with Crippen molar-refractivity contribution in [3.8, 4) is 11.3 Å². The minimum atomic E-state index is -3.93. The fourth-order valence-corrected chi connectivity index (χ4v) is 5.72. The van der Waals surface area contributed by atoms with Crippen molar-refractivity contribution < 1.29 is 21.6 Å². The molecule has 0 bridgehead atoms. The SMILES string of the molecule is CCc1cc(-c2ccc(NS(=O)(=O)Cc3ccc(F)cc3)c(F)c2)nc2cnc(N[C@@H]3CNC[C@@H](F)C3)nc12. The van der Waals surface area contributed by atoms with Gasteiger partial charge in [-0.3, -0.25) is 4.72 Å². The summed E-state index contributed by atoms with van der Waals surface area (Å²) < 4.78 is 69.1. The highest BCUT2D eigenvalue weighted by Crippen LogP contribution is 2.28. The highest BCUT2D eigenvalue weighted by Gasteiger charge is 2.22. The molecule has 1 aliphatic rings. The summed E-state index contributed by atoms with van der Waals surface area (Å²) in [5, 5.41) is 6.21. The first kappa shape index (κ1) is 26.8. The molecule has 1 fully saturated rings. The molecule has 12 heteroatoms. The second-order valence-corrected chi connectivity index (χ2v) is 11.2. The molecule has 0 aliphatic carbocycles. The van der Waals surface area contributed by atoms with Crippen LogP contribution in [0, 0.1) is 11.6 Å². The Balaban J connectivity index is 1.36.